The second-order valence-corrected chi connectivity index (χ2v) is 7.69. The van der Waals surface area contributed by atoms with Crippen LogP contribution in [0.2, 0.25) is 10.0 Å². The van der Waals surface area contributed by atoms with Gasteiger partial charge in [0.2, 0.25) is 0 Å². The summed E-state index contributed by atoms with van der Waals surface area (Å²) in [5.41, 5.74) is 2.27. The molecular weight excluding hydrogens is 439 g/mol. The van der Waals surface area contributed by atoms with Crippen LogP contribution >= 0.6 is 23.2 Å². The molecule has 0 fully saturated rings. The van der Waals surface area contributed by atoms with E-state index in [1.165, 1.54) is 0 Å². The van der Waals surface area contributed by atoms with Gasteiger partial charge in [-0.1, -0.05) is 40.5 Å². The molecule has 2 aromatic carbocycles. The Balaban J connectivity index is 1.42. The third-order valence-electron chi connectivity index (χ3n) is 4.52. The van der Waals surface area contributed by atoms with E-state index in [2.05, 4.69) is 15.6 Å². The highest BCUT2D eigenvalue weighted by atomic mass is 35.5. The highest BCUT2D eigenvalue weighted by molar-refractivity contribution is 6.30. The molecule has 1 amide bonds. The monoisotopic (exact) mass is 456 g/mol. The second-order valence-electron chi connectivity index (χ2n) is 6.82. The summed E-state index contributed by atoms with van der Waals surface area (Å²) < 4.78 is 12.7. The Hall–Kier alpha value is -3.29. The molecule has 0 radical (unpaired) electrons. The number of halogens is 2. The number of nitrogens with one attached hydrogen (secondary N) is 1. The maximum atomic E-state index is 12.8. The van der Waals surface area contributed by atoms with Crippen LogP contribution in [0.5, 0.6) is 5.75 Å². The Morgan fingerprint density at radius 3 is 2.74 bits per heavy atom. The highest BCUT2D eigenvalue weighted by Gasteiger charge is 2.21. The fourth-order valence-electron chi connectivity index (χ4n) is 2.95. The van der Waals surface area contributed by atoms with Gasteiger partial charge in [0.25, 0.3) is 5.91 Å². The van der Waals surface area contributed by atoms with E-state index < -0.39 is 5.91 Å². The molecule has 0 saturated carbocycles. The summed E-state index contributed by atoms with van der Waals surface area (Å²) in [5.74, 6) is 0.725. The molecule has 1 N–H and O–H groups in total. The van der Waals surface area contributed by atoms with E-state index >= 15 is 0 Å². The minimum atomic E-state index is -0.408. The molecule has 2 heterocycles. The zero-order valence-corrected chi connectivity index (χ0v) is 18.0. The van der Waals surface area contributed by atoms with Crippen LogP contribution < -0.4 is 10.1 Å². The number of ether oxygens (including phenoxy) is 1. The maximum Gasteiger partial charge on any atom is 0.278 e. The fraction of sp³-hybridized carbons (Fsp3) is 0.136. The lowest BCUT2D eigenvalue weighted by atomic mass is 10.2. The van der Waals surface area contributed by atoms with Gasteiger partial charge in [0.05, 0.1) is 24.0 Å². The molecule has 0 aliphatic carbocycles. The first-order valence-electron chi connectivity index (χ1n) is 9.40. The van der Waals surface area contributed by atoms with Crippen molar-refractivity contribution in [2.45, 2.75) is 20.1 Å². The molecule has 0 spiro atoms. The standard InChI is InChI=1S/C22H18Cl2N4O3/c1-14-20(13-30-19-7-5-16(23)6-8-19)21(27-31-14)22(29)26-18-10-25-28(12-18)11-15-3-2-4-17(24)9-15/h2-10,12H,11,13H2,1H3,(H,26,29). The lowest BCUT2D eigenvalue weighted by Gasteiger charge is -2.07. The van der Waals surface area contributed by atoms with Gasteiger partial charge in [-0.2, -0.15) is 5.10 Å². The molecular formula is C22H18Cl2N4O3. The first-order valence-corrected chi connectivity index (χ1v) is 10.2. The van der Waals surface area contributed by atoms with Crippen LogP contribution in [0.4, 0.5) is 5.69 Å². The molecule has 0 bridgehead atoms. The predicted octanol–water partition coefficient (Wildman–Crippen LogP) is 5.37. The van der Waals surface area contributed by atoms with Gasteiger partial charge in [0.15, 0.2) is 5.69 Å². The van der Waals surface area contributed by atoms with Crippen LogP contribution in [-0.4, -0.2) is 20.8 Å². The number of amides is 1. The summed E-state index contributed by atoms with van der Waals surface area (Å²) in [6.07, 6.45) is 3.30. The zero-order valence-electron chi connectivity index (χ0n) is 16.5. The number of hydrogen-bond acceptors (Lipinski definition) is 5. The smallest absolute Gasteiger partial charge is 0.278 e. The van der Waals surface area contributed by atoms with Crippen molar-refractivity contribution >= 4 is 34.8 Å². The van der Waals surface area contributed by atoms with Crippen molar-refractivity contribution in [2.75, 3.05) is 5.32 Å². The van der Waals surface area contributed by atoms with Crippen molar-refractivity contribution in [2.24, 2.45) is 0 Å². The Morgan fingerprint density at radius 2 is 1.97 bits per heavy atom. The Morgan fingerprint density at radius 1 is 1.16 bits per heavy atom. The number of aryl methyl sites for hydroxylation is 1. The number of hydrogen-bond donors (Lipinski definition) is 1. The number of carbonyl (C=O) groups excluding carboxylic acids is 1. The van der Waals surface area contributed by atoms with Crippen molar-refractivity contribution in [3.63, 3.8) is 0 Å². The molecule has 0 aliphatic heterocycles. The van der Waals surface area contributed by atoms with E-state index in [1.807, 2.05) is 24.3 Å². The lowest BCUT2D eigenvalue weighted by Crippen LogP contribution is -2.15. The number of rotatable bonds is 7. The number of aromatic nitrogens is 3. The highest BCUT2D eigenvalue weighted by Crippen LogP contribution is 2.21. The number of anilines is 1. The third-order valence-corrected chi connectivity index (χ3v) is 5.01. The minimum absolute atomic E-state index is 0.133. The van der Waals surface area contributed by atoms with Gasteiger partial charge in [0.1, 0.15) is 18.1 Å². The minimum Gasteiger partial charge on any atom is -0.489 e. The van der Waals surface area contributed by atoms with Gasteiger partial charge < -0.3 is 14.6 Å². The van der Waals surface area contributed by atoms with E-state index in [0.717, 1.165) is 5.56 Å². The lowest BCUT2D eigenvalue weighted by molar-refractivity contribution is 0.101. The molecule has 9 heteroatoms. The summed E-state index contributed by atoms with van der Waals surface area (Å²) in [4.78, 5) is 12.8. The van der Waals surface area contributed by atoms with Crippen LogP contribution in [0.15, 0.2) is 65.4 Å². The average molecular weight is 457 g/mol. The summed E-state index contributed by atoms with van der Waals surface area (Å²) >= 11 is 11.9. The molecule has 0 atom stereocenters. The van der Waals surface area contributed by atoms with Crippen LogP contribution in [0.25, 0.3) is 0 Å². The van der Waals surface area contributed by atoms with Crippen molar-refractivity contribution in [3.05, 3.63) is 93.6 Å². The second kappa shape index (κ2) is 9.24. The van der Waals surface area contributed by atoms with Gasteiger partial charge >= 0.3 is 0 Å². The molecule has 0 saturated heterocycles. The molecule has 158 valence electrons. The SMILES string of the molecule is Cc1onc(C(=O)Nc2cnn(Cc3cccc(Cl)c3)c2)c1COc1ccc(Cl)cc1. The topological polar surface area (TPSA) is 82.2 Å². The summed E-state index contributed by atoms with van der Waals surface area (Å²) in [5, 5.41) is 12.2. The predicted molar refractivity (Wildman–Crippen MR) is 118 cm³/mol. The fourth-order valence-corrected chi connectivity index (χ4v) is 3.29. The van der Waals surface area contributed by atoms with Gasteiger partial charge in [-0.05, 0) is 48.9 Å². The number of benzene rings is 2. The van der Waals surface area contributed by atoms with E-state index in [9.17, 15) is 4.79 Å². The first-order chi connectivity index (χ1) is 15.0. The normalized spacial score (nSPS) is 10.8. The first kappa shape index (κ1) is 21.0. The maximum absolute atomic E-state index is 12.8. The largest absolute Gasteiger partial charge is 0.489 e. The quantitative estimate of drug-likeness (QED) is 0.404. The van der Waals surface area contributed by atoms with Crippen LogP contribution in [-0.2, 0) is 13.2 Å². The van der Waals surface area contributed by atoms with Crippen LogP contribution in [0, 0.1) is 6.92 Å². The Bertz CT molecular complexity index is 1200. The Labute approximate surface area is 188 Å². The van der Waals surface area contributed by atoms with E-state index in [1.54, 1.807) is 48.3 Å². The molecule has 2 aromatic heterocycles. The van der Waals surface area contributed by atoms with E-state index in [-0.39, 0.29) is 12.3 Å². The molecule has 31 heavy (non-hydrogen) atoms. The summed E-state index contributed by atoms with van der Waals surface area (Å²) in [7, 11) is 0. The third kappa shape index (κ3) is 5.25. The molecule has 4 aromatic rings. The van der Waals surface area contributed by atoms with Gasteiger partial charge in [-0.3, -0.25) is 9.48 Å². The van der Waals surface area contributed by atoms with E-state index in [0.29, 0.717) is 39.4 Å². The van der Waals surface area contributed by atoms with Crippen LogP contribution in [0.1, 0.15) is 27.4 Å². The van der Waals surface area contributed by atoms with Crippen molar-refractivity contribution in [3.8, 4) is 5.75 Å². The molecule has 7 nitrogen and oxygen atoms in total. The summed E-state index contributed by atoms with van der Waals surface area (Å²) in [6.45, 7) is 2.39. The molecule has 0 aliphatic rings. The number of nitrogens with zero attached hydrogens (tertiary/aromatic N) is 3. The van der Waals surface area contributed by atoms with Crippen LogP contribution in [0.3, 0.4) is 0 Å². The van der Waals surface area contributed by atoms with Gasteiger partial charge in [0, 0.05) is 16.2 Å². The van der Waals surface area contributed by atoms with Gasteiger partial charge in [-0.25, -0.2) is 0 Å². The molecule has 0 unspecified atom stereocenters. The Kier molecular flexibility index (Phi) is 6.25. The van der Waals surface area contributed by atoms with Crippen molar-refractivity contribution < 1.29 is 14.1 Å². The van der Waals surface area contributed by atoms with Gasteiger partial charge in [-0.15, -0.1) is 0 Å². The zero-order chi connectivity index (χ0) is 21.8. The van der Waals surface area contributed by atoms with E-state index in [4.69, 9.17) is 32.5 Å². The molecule has 4 rings (SSSR count). The van der Waals surface area contributed by atoms with Crippen molar-refractivity contribution in [1.82, 2.24) is 14.9 Å². The average Bonchev–Trinajstić information content (AvgIpc) is 3.33. The summed E-state index contributed by atoms with van der Waals surface area (Å²) in [6, 6.07) is 14.5. The van der Waals surface area contributed by atoms with Crippen molar-refractivity contribution in [1.29, 1.82) is 0 Å². The number of carbonyl (C=O) groups is 1.